The zero-order valence-electron chi connectivity index (χ0n) is 16.9. The summed E-state index contributed by atoms with van der Waals surface area (Å²) in [7, 11) is 5.70. The number of nitrogens with zero attached hydrogens (tertiary/aromatic N) is 1. The molecule has 0 bridgehead atoms. The summed E-state index contributed by atoms with van der Waals surface area (Å²) in [5.74, 6) is -2.59. The average molecular weight is 401 g/mol. The second-order valence-corrected chi connectivity index (χ2v) is 6.74. The van der Waals surface area contributed by atoms with Crippen molar-refractivity contribution in [2.45, 2.75) is 38.1 Å². The van der Waals surface area contributed by atoms with E-state index >= 15 is 0 Å². The molecule has 0 aliphatic carbocycles. The van der Waals surface area contributed by atoms with Crippen LogP contribution in [0.3, 0.4) is 0 Å². The van der Waals surface area contributed by atoms with Crippen LogP contribution >= 0.6 is 0 Å². The number of carboxylic acid groups (broad SMARTS) is 2. The van der Waals surface area contributed by atoms with E-state index in [1.807, 2.05) is 45.3 Å². The van der Waals surface area contributed by atoms with Crippen LogP contribution in [-0.4, -0.2) is 82.3 Å². The van der Waals surface area contributed by atoms with E-state index in [9.17, 15) is 14.7 Å². The quantitative estimate of drug-likeness (QED) is 0.396. The van der Waals surface area contributed by atoms with Crippen LogP contribution in [0, 0.1) is 5.92 Å². The fraction of sp³-hybridized carbons (Fsp3) is 0.579. The van der Waals surface area contributed by atoms with Crippen LogP contribution in [0.25, 0.3) is 0 Å². The summed E-state index contributed by atoms with van der Waals surface area (Å²) in [6, 6.07) is 7.72. The van der Waals surface area contributed by atoms with Crippen molar-refractivity contribution >= 4 is 11.9 Å². The monoisotopic (exact) mass is 401 g/mol. The Bertz CT molecular complexity index is 618. The number of carbonyl (C=O) groups is 2. The molecule has 0 heterocycles. The normalized spacial score (nSPS) is 16.2. The lowest BCUT2D eigenvalue weighted by molar-refractivity contribution is -0.165. The lowest BCUT2D eigenvalue weighted by atomic mass is 9.80. The van der Waals surface area contributed by atoms with Gasteiger partial charge in [-0.3, -0.25) is 0 Å². The maximum atomic E-state index is 10.9. The summed E-state index contributed by atoms with van der Waals surface area (Å²) in [5, 5.41) is 43.5. The molecule has 160 valence electrons. The van der Waals surface area contributed by atoms with Gasteiger partial charge in [-0.2, -0.15) is 0 Å². The molecule has 0 saturated carbocycles. The van der Waals surface area contributed by atoms with E-state index in [1.54, 1.807) is 7.11 Å². The molecule has 0 aliphatic heterocycles. The fourth-order valence-corrected chi connectivity index (χ4v) is 2.70. The molecule has 1 aromatic rings. The van der Waals surface area contributed by atoms with Crippen molar-refractivity contribution in [1.29, 1.82) is 0 Å². The number of hydrogen-bond acceptors (Lipinski definition) is 7. The Morgan fingerprint density at radius 3 is 2.00 bits per heavy atom. The summed E-state index contributed by atoms with van der Waals surface area (Å²) >= 11 is 0. The number of aliphatic hydroxyl groups is 3. The molecular weight excluding hydrogens is 370 g/mol. The third-order valence-electron chi connectivity index (χ3n) is 4.37. The summed E-state index contributed by atoms with van der Waals surface area (Å²) in [4.78, 5) is 21.6. The van der Waals surface area contributed by atoms with Crippen molar-refractivity contribution in [2.75, 3.05) is 27.7 Å². The molecule has 0 aromatic heterocycles. The maximum Gasteiger partial charge on any atom is 0.335 e. The lowest BCUT2D eigenvalue weighted by Crippen LogP contribution is -2.39. The fourth-order valence-electron chi connectivity index (χ4n) is 2.70. The van der Waals surface area contributed by atoms with Gasteiger partial charge in [-0.1, -0.05) is 26.0 Å². The van der Waals surface area contributed by atoms with E-state index in [1.165, 1.54) is 0 Å². The molecule has 5 N–H and O–H groups in total. The molecule has 0 amide bonds. The number of benzene rings is 1. The number of carboxylic acids is 2. The zero-order valence-corrected chi connectivity index (χ0v) is 16.9. The molecule has 9 heteroatoms. The summed E-state index contributed by atoms with van der Waals surface area (Å²) < 4.78 is 5.23. The van der Waals surface area contributed by atoms with Crippen LogP contribution in [0.15, 0.2) is 24.3 Å². The number of ether oxygens (including phenoxy) is 1. The van der Waals surface area contributed by atoms with Crippen LogP contribution in [0.1, 0.15) is 25.8 Å². The zero-order chi connectivity index (χ0) is 22.1. The number of methoxy groups -OCH3 is 1. The average Bonchev–Trinajstić information content (AvgIpc) is 2.65. The van der Waals surface area contributed by atoms with Crippen molar-refractivity contribution in [1.82, 2.24) is 4.90 Å². The van der Waals surface area contributed by atoms with Crippen LogP contribution in [0.4, 0.5) is 0 Å². The molecule has 1 rings (SSSR count). The molecule has 0 aliphatic rings. The van der Waals surface area contributed by atoms with Gasteiger partial charge in [0.25, 0.3) is 0 Å². The van der Waals surface area contributed by atoms with Crippen LogP contribution < -0.4 is 4.74 Å². The van der Waals surface area contributed by atoms with Gasteiger partial charge in [-0.25, -0.2) is 9.59 Å². The predicted octanol–water partition coefficient (Wildman–Crippen LogP) is 0.368. The van der Waals surface area contributed by atoms with Gasteiger partial charge in [0.1, 0.15) is 5.75 Å². The largest absolute Gasteiger partial charge is 0.497 e. The van der Waals surface area contributed by atoms with E-state index in [-0.39, 0.29) is 5.92 Å². The first-order valence-electron chi connectivity index (χ1n) is 8.74. The van der Waals surface area contributed by atoms with Crippen LogP contribution in [0.2, 0.25) is 0 Å². The van der Waals surface area contributed by atoms with Gasteiger partial charge in [0.2, 0.25) is 0 Å². The Kier molecular flexibility index (Phi) is 10.7. The van der Waals surface area contributed by atoms with E-state index in [2.05, 4.69) is 11.8 Å². The minimum absolute atomic E-state index is 0.157. The van der Waals surface area contributed by atoms with Gasteiger partial charge in [-0.15, -0.1) is 0 Å². The van der Waals surface area contributed by atoms with Crippen LogP contribution in [-0.2, 0) is 15.2 Å². The Balaban J connectivity index is 0.000000621. The SMILES string of the molecule is CC[C@@](O)(c1cccc(OC)c1)[C@@H](C)CN(C)C.O=C(O)C(O)C(O)C(=O)O. The highest BCUT2D eigenvalue weighted by atomic mass is 16.5. The van der Waals surface area contributed by atoms with Crippen molar-refractivity contribution in [3.8, 4) is 5.75 Å². The lowest BCUT2D eigenvalue weighted by Gasteiger charge is -2.35. The van der Waals surface area contributed by atoms with Gasteiger partial charge in [0, 0.05) is 12.5 Å². The molecule has 4 atom stereocenters. The van der Waals surface area contributed by atoms with Gasteiger partial charge in [-0.05, 0) is 38.2 Å². The van der Waals surface area contributed by atoms with E-state index < -0.39 is 29.7 Å². The minimum Gasteiger partial charge on any atom is -0.497 e. The van der Waals surface area contributed by atoms with Gasteiger partial charge in [0.15, 0.2) is 12.2 Å². The Morgan fingerprint density at radius 1 is 1.14 bits per heavy atom. The summed E-state index contributed by atoms with van der Waals surface area (Å²) in [6.45, 7) is 4.95. The van der Waals surface area contributed by atoms with Crippen molar-refractivity contribution in [3.63, 3.8) is 0 Å². The topological polar surface area (TPSA) is 148 Å². The Morgan fingerprint density at radius 2 is 1.64 bits per heavy atom. The standard InChI is InChI=1S/C15H25NO2.C4H6O6/c1-6-15(17,12(2)11-16(3)4)13-8-7-9-14(10-13)18-5;5-1(3(7)8)2(6)4(9)10/h7-10,12,17H,6,11H2,1-5H3;1-2,5-6H,(H,7,8)(H,9,10)/t12-,15-;/m0./s1. The first-order chi connectivity index (χ1) is 12.9. The third kappa shape index (κ3) is 7.43. The highest BCUT2D eigenvalue weighted by Gasteiger charge is 2.34. The van der Waals surface area contributed by atoms with Crippen molar-refractivity contribution in [3.05, 3.63) is 29.8 Å². The first-order valence-corrected chi connectivity index (χ1v) is 8.74. The number of rotatable bonds is 9. The maximum absolute atomic E-state index is 10.9. The van der Waals surface area contributed by atoms with E-state index in [0.29, 0.717) is 6.42 Å². The van der Waals surface area contributed by atoms with Gasteiger partial charge >= 0.3 is 11.9 Å². The van der Waals surface area contributed by atoms with E-state index in [0.717, 1.165) is 17.9 Å². The molecule has 28 heavy (non-hydrogen) atoms. The van der Waals surface area contributed by atoms with Crippen LogP contribution in [0.5, 0.6) is 5.75 Å². The van der Waals surface area contributed by atoms with Crippen molar-refractivity contribution in [2.24, 2.45) is 5.92 Å². The van der Waals surface area contributed by atoms with Gasteiger partial charge in [0.05, 0.1) is 12.7 Å². The van der Waals surface area contributed by atoms with Crippen molar-refractivity contribution < 1.29 is 39.9 Å². The molecule has 0 fully saturated rings. The summed E-state index contributed by atoms with van der Waals surface area (Å²) in [6.07, 6.45) is -3.84. The second-order valence-electron chi connectivity index (χ2n) is 6.74. The minimum atomic E-state index is -2.27. The van der Waals surface area contributed by atoms with E-state index in [4.69, 9.17) is 25.2 Å². The second kappa shape index (κ2) is 11.6. The molecule has 0 spiro atoms. The Labute approximate surface area is 164 Å². The number of aliphatic hydroxyl groups excluding tert-OH is 2. The van der Waals surface area contributed by atoms with Gasteiger partial charge < -0.3 is 35.2 Å². The highest BCUT2D eigenvalue weighted by Crippen LogP contribution is 2.34. The molecule has 0 saturated heterocycles. The summed E-state index contributed by atoms with van der Waals surface area (Å²) in [5.41, 5.74) is 0.123. The Hall–Kier alpha value is -2.20. The number of aliphatic carboxylic acids is 2. The molecule has 1 aromatic carbocycles. The number of hydrogen-bond donors (Lipinski definition) is 5. The first kappa shape index (κ1) is 25.8. The molecule has 9 nitrogen and oxygen atoms in total. The predicted molar refractivity (Wildman–Crippen MR) is 102 cm³/mol. The highest BCUT2D eigenvalue weighted by molar-refractivity contribution is 5.83. The molecule has 2 unspecified atom stereocenters. The third-order valence-corrected chi connectivity index (χ3v) is 4.37. The molecule has 0 radical (unpaired) electrons. The smallest absolute Gasteiger partial charge is 0.335 e. The molecular formula is C19H31NO8.